The van der Waals surface area contributed by atoms with Crippen molar-refractivity contribution in [2.75, 3.05) is 6.54 Å². The molecule has 0 fully saturated rings. The summed E-state index contributed by atoms with van der Waals surface area (Å²) >= 11 is 3.45. The maximum Gasteiger partial charge on any atom is 0.275 e. The molecule has 1 N–H and O–H groups in total. The molecule has 0 bridgehead atoms. The zero-order valence-electron chi connectivity index (χ0n) is 12.9. The van der Waals surface area contributed by atoms with Crippen LogP contribution in [0.3, 0.4) is 0 Å². The molecule has 0 aliphatic carbocycles. The molecule has 0 radical (unpaired) electrons. The van der Waals surface area contributed by atoms with Crippen LogP contribution in [-0.2, 0) is 6.54 Å². The highest BCUT2D eigenvalue weighted by atomic mass is 79.9. The quantitative estimate of drug-likeness (QED) is 0.864. The number of halogens is 2. The zero-order valence-corrected chi connectivity index (χ0v) is 14.4. The van der Waals surface area contributed by atoms with E-state index in [2.05, 4.69) is 26.1 Å². The van der Waals surface area contributed by atoms with Crippen molar-refractivity contribution in [2.24, 2.45) is 0 Å². The van der Waals surface area contributed by atoms with Crippen LogP contribution < -0.4 is 0 Å². The molecule has 0 atom stereocenters. The molecular weight excluding hydrogens is 349 g/mol. The number of nitrogens with one attached hydrogen (secondary N) is 1. The molecule has 6 heteroatoms. The number of benzene rings is 1. The van der Waals surface area contributed by atoms with Crippen LogP contribution >= 0.6 is 15.9 Å². The third-order valence-corrected chi connectivity index (χ3v) is 4.25. The summed E-state index contributed by atoms with van der Waals surface area (Å²) < 4.78 is 14.0. The van der Waals surface area contributed by atoms with Gasteiger partial charge in [-0.1, -0.05) is 26.0 Å². The molecule has 0 aliphatic heterocycles. The molecule has 0 spiro atoms. The summed E-state index contributed by atoms with van der Waals surface area (Å²) in [5, 5.41) is 7.03. The van der Waals surface area contributed by atoms with Gasteiger partial charge in [0.15, 0.2) is 5.69 Å². The smallest absolute Gasteiger partial charge is 0.275 e. The molecule has 0 aliphatic rings. The van der Waals surface area contributed by atoms with Gasteiger partial charge in [-0.05, 0) is 46.5 Å². The molecule has 2 aromatic rings. The Hall–Kier alpha value is -1.69. The summed E-state index contributed by atoms with van der Waals surface area (Å²) in [6.45, 7) is 6.81. The first-order chi connectivity index (χ1) is 10.4. The van der Waals surface area contributed by atoms with Gasteiger partial charge in [0.1, 0.15) is 5.82 Å². The van der Waals surface area contributed by atoms with Gasteiger partial charge in [-0.3, -0.25) is 9.89 Å². The second-order valence-electron chi connectivity index (χ2n) is 5.40. The van der Waals surface area contributed by atoms with Crippen molar-refractivity contribution in [3.63, 3.8) is 0 Å². The van der Waals surface area contributed by atoms with E-state index < -0.39 is 0 Å². The van der Waals surface area contributed by atoms with Crippen molar-refractivity contribution < 1.29 is 9.18 Å². The van der Waals surface area contributed by atoms with Crippen molar-refractivity contribution in [3.05, 3.63) is 51.5 Å². The molecule has 1 amide bonds. The predicted octanol–water partition coefficient (Wildman–Crippen LogP) is 4.10. The number of rotatable bonds is 5. The van der Waals surface area contributed by atoms with Crippen LogP contribution in [0, 0.1) is 5.82 Å². The molecule has 1 heterocycles. The first kappa shape index (κ1) is 16.7. The second-order valence-corrected chi connectivity index (χ2v) is 6.20. The molecule has 2 rings (SSSR count). The zero-order chi connectivity index (χ0) is 16.3. The Balaban J connectivity index is 2.22. The minimum atomic E-state index is -0.302. The van der Waals surface area contributed by atoms with Gasteiger partial charge in [-0.15, -0.1) is 0 Å². The van der Waals surface area contributed by atoms with Crippen molar-refractivity contribution in [1.82, 2.24) is 15.1 Å². The van der Waals surface area contributed by atoms with E-state index in [9.17, 15) is 9.18 Å². The first-order valence-corrected chi connectivity index (χ1v) is 8.00. The lowest BCUT2D eigenvalue weighted by atomic mass is 10.1. The van der Waals surface area contributed by atoms with E-state index in [1.807, 2.05) is 20.8 Å². The number of nitrogens with zero attached hydrogens (tertiary/aromatic N) is 2. The molecule has 1 aromatic heterocycles. The van der Waals surface area contributed by atoms with Gasteiger partial charge in [-0.2, -0.15) is 5.10 Å². The number of aromatic amines is 1. The highest BCUT2D eigenvalue weighted by molar-refractivity contribution is 9.10. The van der Waals surface area contributed by atoms with Crippen LogP contribution in [0.1, 0.15) is 48.4 Å². The lowest BCUT2D eigenvalue weighted by Gasteiger charge is -2.20. The third-order valence-electron chi connectivity index (χ3n) is 3.44. The number of amides is 1. The van der Waals surface area contributed by atoms with Gasteiger partial charge < -0.3 is 4.90 Å². The van der Waals surface area contributed by atoms with E-state index in [0.29, 0.717) is 23.3 Å². The molecule has 22 heavy (non-hydrogen) atoms. The van der Waals surface area contributed by atoms with Crippen LogP contribution in [0.5, 0.6) is 0 Å². The Bertz CT molecular complexity index is 669. The van der Waals surface area contributed by atoms with Gasteiger partial charge in [0.05, 0.1) is 10.2 Å². The average molecular weight is 368 g/mol. The van der Waals surface area contributed by atoms with Gasteiger partial charge in [0.25, 0.3) is 5.91 Å². The van der Waals surface area contributed by atoms with Gasteiger partial charge in [0, 0.05) is 13.1 Å². The van der Waals surface area contributed by atoms with Gasteiger partial charge in [0.2, 0.25) is 0 Å². The van der Waals surface area contributed by atoms with Crippen molar-refractivity contribution >= 4 is 21.8 Å². The number of H-pyrrole nitrogens is 1. The fourth-order valence-electron chi connectivity index (χ4n) is 2.20. The fourth-order valence-corrected chi connectivity index (χ4v) is 3.00. The van der Waals surface area contributed by atoms with Gasteiger partial charge in [-0.25, -0.2) is 4.39 Å². The Morgan fingerprint density at radius 1 is 1.45 bits per heavy atom. The van der Waals surface area contributed by atoms with Crippen LogP contribution in [0.25, 0.3) is 0 Å². The van der Waals surface area contributed by atoms with Crippen LogP contribution in [0.15, 0.2) is 28.7 Å². The van der Waals surface area contributed by atoms with Crippen LogP contribution in [-0.4, -0.2) is 27.5 Å². The monoisotopic (exact) mass is 367 g/mol. The normalized spacial score (nSPS) is 11.0. The highest BCUT2D eigenvalue weighted by Gasteiger charge is 2.23. The number of aromatic nitrogens is 2. The predicted molar refractivity (Wildman–Crippen MR) is 87.2 cm³/mol. The standard InChI is InChI=1S/C16H19BrFN3O/c1-4-21(9-11-6-5-7-12(18)8-11)16(22)15-13(17)14(10(2)3)19-20-15/h5-8,10H,4,9H2,1-3H3,(H,19,20). The van der Waals surface area contributed by atoms with E-state index in [0.717, 1.165) is 11.3 Å². The van der Waals surface area contributed by atoms with Gasteiger partial charge >= 0.3 is 0 Å². The average Bonchev–Trinajstić information content (AvgIpc) is 2.86. The van der Waals surface area contributed by atoms with E-state index in [1.165, 1.54) is 12.1 Å². The van der Waals surface area contributed by atoms with Crippen molar-refractivity contribution in [3.8, 4) is 0 Å². The minimum absolute atomic E-state index is 0.179. The molecule has 118 valence electrons. The maximum absolute atomic E-state index is 13.3. The summed E-state index contributed by atoms with van der Waals surface area (Å²) in [5.41, 5.74) is 2.01. The number of carbonyl (C=O) groups is 1. The molecule has 0 saturated heterocycles. The third kappa shape index (κ3) is 3.55. The van der Waals surface area contributed by atoms with Crippen LogP contribution in [0.4, 0.5) is 4.39 Å². The summed E-state index contributed by atoms with van der Waals surface area (Å²) in [6, 6.07) is 6.28. The molecule has 4 nitrogen and oxygen atoms in total. The molecular formula is C16H19BrFN3O. The summed E-state index contributed by atoms with van der Waals surface area (Å²) in [4.78, 5) is 14.3. The van der Waals surface area contributed by atoms with Crippen molar-refractivity contribution in [2.45, 2.75) is 33.2 Å². The fraction of sp³-hybridized carbons (Fsp3) is 0.375. The van der Waals surface area contributed by atoms with Crippen molar-refractivity contribution in [1.29, 1.82) is 0 Å². The lowest BCUT2D eigenvalue weighted by Crippen LogP contribution is -2.30. The second kappa shape index (κ2) is 7.05. The molecule has 0 unspecified atom stereocenters. The number of hydrogen-bond acceptors (Lipinski definition) is 2. The first-order valence-electron chi connectivity index (χ1n) is 7.21. The Morgan fingerprint density at radius 2 is 2.18 bits per heavy atom. The number of carbonyl (C=O) groups excluding carboxylic acids is 1. The Morgan fingerprint density at radius 3 is 2.73 bits per heavy atom. The Kier molecular flexibility index (Phi) is 5.34. The summed E-state index contributed by atoms with van der Waals surface area (Å²) in [7, 11) is 0. The summed E-state index contributed by atoms with van der Waals surface area (Å²) in [6.07, 6.45) is 0. The SMILES string of the molecule is CCN(Cc1cccc(F)c1)C(=O)c1n[nH]c(C(C)C)c1Br. The molecule has 0 saturated carbocycles. The van der Waals surface area contributed by atoms with E-state index >= 15 is 0 Å². The van der Waals surface area contributed by atoms with E-state index in [1.54, 1.807) is 17.0 Å². The van der Waals surface area contributed by atoms with E-state index in [-0.39, 0.29) is 17.6 Å². The maximum atomic E-state index is 13.3. The largest absolute Gasteiger partial charge is 0.333 e. The topological polar surface area (TPSA) is 49.0 Å². The summed E-state index contributed by atoms with van der Waals surface area (Å²) in [5.74, 6) is -0.243. The van der Waals surface area contributed by atoms with Crippen LogP contribution in [0.2, 0.25) is 0 Å². The minimum Gasteiger partial charge on any atom is -0.333 e. The van der Waals surface area contributed by atoms with E-state index in [4.69, 9.17) is 0 Å². The lowest BCUT2D eigenvalue weighted by molar-refractivity contribution is 0.0745. The Labute approximate surface area is 137 Å². The highest BCUT2D eigenvalue weighted by Crippen LogP contribution is 2.26. The molecule has 1 aromatic carbocycles. The number of hydrogen-bond donors (Lipinski definition) is 1.